The first-order valence-electron chi connectivity index (χ1n) is 9.91. The van der Waals surface area contributed by atoms with Crippen molar-refractivity contribution in [3.63, 3.8) is 0 Å². The van der Waals surface area contributed by atoms with Crippen molar-refractivity contribution < 1.29 is 23.8 Å². The Morgan fingerprint density at radius 1 is 1.19 bits per heavy atom. The second kappa shape index (κ2) is 5.46. The second-order valence-electron chi connectivity index (χ2n) is 10.8. The normalized spacial score (nSPS) is 45.4. The highest BCUT2D eigenvalue weighted by Crippen LogP contribution is 2.69. The Hall–Kier alpha value is -1.10. The maximum absolute atomic E-state index is 13.3. The number of ether oxygens (including phenoxy) is 3. The number of hydrogen-bond acceptors (Lipinski definition) is 5. The highest BCUT2D eigenvalue weighted by atomic mass is 16.6. The Morgan fingerprint density at radius 2 is 1.85 bits per heavy atom. The van der Waals surface area contributed by atoms with Crippen LogP contribution in [-0.4, -0.2) is 37.9 Å². The Bertz CT molecular complexity index is 633. The summed E-state index contributed by atoms with van der Waals surface area (Å²) in [7, 11) is 1.66. The van der Waals surface area contributed by atoms with Crippen LogP contribution in [0.4, 0.5) is 0 Å². The molecule has 5 nitrogen and oxygen atoms in total. The summed E-state index contributed by atoms with van der Waals surface area (Å²) in [5.41, 5.74) is -0.349. The lowest BCUT2D eigenvalue weighted by Gasteiger charge is -2.36. The summed E-state index contributed by atoms with van der Waals surface area (Å²) in [6.45, 7) is 11.3. The Balaban J connectivity index is 1.54. The third kappa shape index (κ3) is 2.45. The molecule has 2 bridgehead atoms. The average Bonchev–Trinajstić information content (AvgIpc) is 2.93. The zero-order chi connectivity index (χ0) is 19.1. The molecule has 4 aliphatic rings. The molecule has 146 valence electrons. The minimum Gasteiger partial charge on any atom is -0.465 e. The minimum absolute atomic E-state index is 0.0213. The number of rotatable bonds is 4. The summed E-state index contributed by atoms with van der Waals surface area (Å²) in [6.07, 6.45) is 2.17. The third-order valence-corrected chi connectivity index (χ3v) is 7.53. The molecule has 0 N–H and O–H groups in total. The first-order valence-corrected chi connectivity index (χ1v) is 9.91. The van der Waals surface area contributed by atoms with E-state index in [-0.39, 0.29) is 58.6 Å². The Morgan fingerprint density at radius 3 is 2.38 bits per heavy atom. The Labute approximate surface area is 156 Å². The molecule has 7 unspecified atom stereocenters. The third-order valence-electron chi connectivity index (χ3n) is 7.53. The van der Waals surface area contributed by atoms with Gasteiger partial charge in [0.15, 0.2) is 0 Å². The molecule has 0 radical (unpaired) electrons. The van der Waals surface area contributed by atoms with Crippen LogP contribution in [0.5, 0.6) is 0 Å². The number of carbonyl (C=O) groups is 2. The number of hydrogen-bond donors (Lipinski definition) is 0. The van der Waals surface area contributed by atoms with Crippen molar-refractivity contribution in [3.05, 3.63) is 0 Å². The molecule has 1 heterocycles. The molecular formula is C21H32O5. The molecule has 7 atom stereocenters. The highest BCUT2D eigenvalue weighted by Gasteiger charge is 2.70. The van der Waals surface area contributed by atoms with Gasteiger partial charge >= 0.3 is 11.9 Å². The Kier molecular flexibility index (Phi) is 3.84. The van der Waals surface area contributed by atoms with Crippen LogP contribution < -0.4 is 0 Å². The van der Waals surface area contributed by atoms with Gasteiger partial charge in [-0.25, -0.2) is 0 Å². The summed E-state index contributed by atoms with van der Waals surface area (Å²) < 4.78 is 17.2. The van der Waals surface area contributed by atoms with Crippen LogP contribution in [-0.2, 0) is 23.8 Å². The summed E-state index contributed by atoms with van der Waals surface area (Å²) in [6, 6.07) is 0. The van der Waals surface area contributed by atoms with Crippen molar-refractivity contribution in [3.8, 4) is 0 Å². The molecule has 4 rings (SSSR count). The van der Waals surface area contributed by atoms with Gasteiger partial charge in [0.25, 0.3) is 0 Å². The van der Waals surface area contributed by atoms with Crippen molar-refractivity contribution in [1.29, 1.82) is 0 Å². The van der Waals surface area contributed by atoms with Crippen LogP contribution in [0.2, 0.25) is 0 Å². The number of carbonyl (C=O) groups excluding carboxylic acids is 2. The maximum atomic E-state index is 13.3. The molecule has 5 heteroatoms. The standard InChI is InChI=1S/C21H32O5/c1-19(2,3)9-21(10-20(21,4)5)18(23)26-16-11-7-12(15(16)24-6)14-13(11)8-25-17(14)22/h11-16H,7-10H2,1-6H3. The lowest BCUT2D eigenvalue weighted by atomic mass is 9.77. The second-order valence-corrected chi connectivity index (χ2v) is 10.8. The van der Waals surface area contributed by atoms with E-state index < -0.39 is 5.41 Å². The predicted molar refractivity (Wildman–Crippen MR) is 95.1 cm³/mol. The highest BCUT2D eigenvalue weighted by molar-refractivity contribution is 5.82. The van der Waals surface area contributed by atoms with Gasteiger partial charge in [-0.2, -0.15) is 0 Å². The molecule has 1 saturated heterocycles. The van der Waals surface area contributed by atoms with Gasteiger partial charge in [-0.1, -0.05) is 34.6 Å². The van der Waals surface area contributed by atoms with Crippen LogP contribution in [0.15, 0.2) is 0 Å². The van der Waals surface area contributed by atoms with E-state index >= 15 is 0 Å². The average molecular weight is 364 g/mol. The fraction of sp³-hybridized carbons (Fsp3) is 0.905. The van der Waals surface area contributed by atoms with Gasteiger partial charge in [-0.3, -0.25) is 9.59 Å². The van der Waals surface area contributed by atoms with E-state index in [1.807, 2.05) is 0 Å². The molecule has 0 aromatic heterocycles. The first-order chi connectivity index (χ1) is 12.0. The summed E-state index contributed by atoms with van der Waals surface area (Å²) in [4.78, 5) is 25.4. The van der Waals surface area contributed by atoms with Gasteiger partial charge in [0.05, 0.1) is 24.0 Å². The first kappa shape index (κ1) is 18.3. The largest absolute Gasteiger partial charge is 0.465 e. The van der Waals surface area contributed by atoms with E-state index in [2.05, 4.69) is 34.6 Å². The summed E-state index contributed by atoms with van der Waals surface area (Å²) in [5, 5.41) is 0. The van der Waals surface area contributed by atoms with Gasteiger partial charge in [0.2, 0.25) is 0 Å². The van der Waals surface area contributed by atoms with E-state index in [0.29, 0.717) is 6.61 Å². The number of esters is 2. The number of cyclic esters (lactones) is 1. The summed E-state index contributed by atoms with van der Waals surface area (Å²) >= 11 is 0. The smallest absolute Gasteiger partial charge is 0.313 e. The lowest BCUT2D eigenvalue weighted by molar-refractivity contribution is -0.173. The quantitative estimate of drug-likeness (QED) is 0.717. The van der Waals surface area contributed by atoms with E-state index in [1.165, 1.54) is 0 Å². The van der Waals surface area contributed by atoms with E-state index in [0.717, 1.165) is 19.3 Å². The van der Waals surface area contributed by atoms with Crippen molar-refractivity contribution in [2.75, 3.05) is 13.7 Å². The SMILES string of the molecule is COC1C2CC(C3COC(=O)C32)C1OC(=O)C1(CC(C)(C)C)CC1(C)C. The molecular weight excluding hydrogens is 332 g/mol. The minimum atomic E-state index is -0.396. The van der Waals surface area contributed by atoms with E-state index in [1.54, 1.807) is 7.11 Å². The summed E-state index contributed by atoms with van der Waals surface area (Å²) in [5.74, 6) is 0.247. The zero-order valence-electron chi connectivity index (χ0n) is 16.8. The molecule has 3 aliphatic carbocycles. The molecule has 4 fully saturated rings. The fourth-order valence-corrected chi connectivity index (χ4v) is 6.31. The van der Waals surface area contributed by atoms with Crippen molar-refractivity contribution in [1.82, 2.24) is 0 Å². The molecule has 0 aromatic rings. The molecule has 1 aliphatic heterocycles. The number of methoxy groups -OCH3 is 1. The monoisotopic (exact) mass is 364 g/mol. The molecule has 0 spiro atoms. The van der Waals surface area contributed by atoms with Crippen LogP contribution in [0.3, 0.4) is 0 Å². The van der Waals surface area contributed by atoms with Crippen LogP contribution in [0.25, 0.3) is 0 Å². The molecule has 0 amide bonds. The van der Waals surface area contributed by atoms with Gasteiger partial charge in [-0.15, -0.1) is 0 Å². The fourth-order valence-electron chi connectivity index (χ4n) is 6.31. The lowest BCUT2D eigenvalue weighted by Crippen LogP contribution is -2.47. The van der Waals surface area contributed by atoms with Gasteiger partial charge < -0.3 is 14.2 Å². The maximum Gasteiger partial charge on any atom is 0.313 e. The predicted octanol–water partition coefficient (Wildman–Crippen LogP) is 3.20. The zero-order valence-corrected chi connectivity index (χ0v) is 16.8. The van der Waals surface area contributed by atoms with Crippen LogP contribution in [0, 0.1) is 39.9 Å². The van der Waals surface area contributed by atoms with Crippen molar-refractivity contribution in [2.24, 2.45) is 39.9 Å². The topological polar surface area (TPSA) is 61.8 Å². The van der Waals surface area contributed by atoms with E-state index in [9.17, 15) is 9.59 Å². The van der Waals surface area contributed by atoms with E-state index in [4.69, 9.17) is 14.2 Å². The number of fused-ring (bicyclic) bond motifs is 5. The van der Waals surface area contributed by atoms with Crippen molar-refractivity contribution in [2.45, 2.75) is 66.1 Å². The van der Waals surface area contributed by atoms with Crippen molar-refractivity contribution >= 4 is 11.9 Å². The molecule has 3 saturated carbocycles. The van der Waals surface area contributed by atoms with Crippen LogP contribution >= 0.6 is 0 Å². The van der Waals surface area contributed by atoms with Gasteiger partial charge in [0.1, 0.15) is 6.10 Å². The van der Waals surface area contributed by atoms with Crippen LogP contribution in [0.1, 0.15) is 53.9 Å². The molecule has 26 heavy (non-hydrogen) atoms. The van der Waals surface area contributed by atoms with Gasteiger partial charge in [0, 0.05) is 24.9 Å². The molecule has 0 aromatic carbocycles. The van der Waals surface area contributed by atoms with Gasteiger partial charge in [-0.05, 0) is 30.1 Å².